The third-order valence-electron chi connectivity index (χ3n) is 4.22. The quantitative estimate of drug-likeness (QED) is 0.839. The molecule has 1 N–H and O–H groups in total. The van der Waals surface area contributed by atoms with Crippen LogP contribution in [0.5, 0.6) is 0 Å². The summed E-state index contributed by atoms with van der Waals surface area (Å²) in [5.41, 5.74) is 4.43. The monoisotopic (exact) mass is 263 g/mol. The molecule has 1 fully saturated rings. The van der Waals surface area contributed by atoms with E-state index in [2.05, 4.69) is 31.0 Å². The number of fused-ring (bicyclic) bond motifs is 3. The summed E-state index contributed by atoms with van der Waals surface area (Å²) in [6, 6.07) is 4.29. The first-order valence-corrected chi connectivity index (χ1v) is 6.72. The van der Waals surface area contributed by atoms with Gasteiger partial charge in [-0.3, -0.25) is 0 Å². The van der Waals surface area contributed by atoms with Crippen LogP contribution in [-0.2, 0) is 11.3 Å². The van der Waals surface area contributed by atoms with Gasteiger partial charge in [-0.05, 0) is 30.5 Å². The van der Waals surface area contributed by atoms with Crippen molar-refractivity contribution < 1.29 is 4.74 Å². The van der Waals surface area contributed by atoms with Gasteiger partial charge in [0.25, 0.3) is 0 Å². The average Bonchev–Trinajstić information content (AvgIpc) is 2.71. The van der Waals surface area contributed by atoms with Crippen LogP contribution in [0.4, 0.5) is 0 Å². The molecule has 0 saturated carbocycles. The first-order chi connectivity index (χ1) is 8.53. The molecule has 1 saturated heterocycles. The summed E-state index contributed by atoms with van der Waals surface area (Å²) in [5.74, 6) is 0.401. The van der Waals surface area contributed by atoms with Crippen LogP contribution >= 0.6 is 11.6 Å². The van der Waals surface area contributed by atoms with Gasteiger partial charge in [0.1, 0.15) is 0 Å². The normalized spacial score (nSPS) is 29.8. The average molecular weight is 264 g/mol. The number of hydrogen-bond acceptors (Lipinski definition) is 2. The van der Waals surface area contributed by atoms with Gasteiger partial charge in [0.15, 0.2) is 0 Å². The lowest BCUT2D eigenvalue weighted by atomic mass is 9.81. The first-order valence-electron chi connectivity index (χ1n) is 6.35. The summed E-state index contributed by atoms with van der Waals surface area (Å²) >= 11 is 6.50. The van der Waals surface area contributed by atoms with Gasteiger partial charge in [0.05, 0.1) is 17.2 Å². The topological polar surface area (TPSA) is 21.3 Å². The number of hydrogen-bond donors (Lipinski definition) is 1. The zero-order chi connectivity index (χ0) is 12.9. The highest BCUT2D eigenvalue weighted by Crippen LogP contribution is 2.44. The van der Waals surface area contributed by atoms with Gasteiger partial charge in [-0.15, -0.1) is 0 Å². The van der Waals surface area contributed by atoms with E-state index in [1.54, 1.807) is 0 Å². The fourth-order valence-corrected chi connectivity index (χ4v) is 3.46. The zero-order valence-electron chi connectivity index (χ0n) is 10.8. The molecule has 0 spiro atoms. The molecular formula is C15H18ClNO. The standard InChI is InChI=1S/C15H18ClNO/c1-9(2)10-4-5-11-12(14(10)16)7-18-15(3)8-17-6-13(11)15/h4-5,13,17H,1,6-8H2,2-3H3/t13-,15-/m0/s1. The number of benzene rings is 1. The molecule has 3 heteroatoms. The third kappa shape index (κ3) is 1.63. The Morgan fingerprint density at radius 1 is 1.56 bits per heavy atom. The molecule has 0 aromatic heterocycles. The second kappa shape index (κ2) is 4.09. The summed E-state index contributed by atoms with van der Waals surface area (Å²) < 4.78 is 6.05. The maximum atomic E-state index is 6.50. The largest absolute Gasteiger partial charge is 0.369 e. The summed E-state index contributed by atoms with van der Waals surface area (Å²) in [4.78, 5) is 0. The summed E-state index contributed by atoms with van der Waals surface area (Å²) in [6.07, 6.45) is 0. The van der Waals surface area contributed by atoms with Gasteiger partial charge in [-0.25, -0.2) is 0 Å². The molecule has 2 atom stereocenters. The van der Waals surface area contributed by atoms with Crippen LogP contribution in [0.3, 0.4) is 0 Å². The van der Waals surface area contributed by atoms with E-state index in [0.29, 0.717) is 12.5 Å². The zero-order valence-corrected chi connectivity index (χ0v) is 11.6. The van der Waals surface area contributed by atoms with Gasteiger partial charge in [0.2, 0.25) is 0 Å². The number of nitrogens with one attached hydrogen (secondary N) is 1. The maximum absolute atomic E-state index is 6.50. The Kier molecular flexibility index (Phi) is 2.77. The van der Waals surface area contributed by atoms with Crippen LogP contribution in [0, 0.1) is 0 Å². The van der Waals surface area contributed by atoms with Crippen molar-refractivity contribution in [2.75, 3.05) is 13.1 Å². The van der Waals surface area contributed by atoms with Gasteiger partial charge in [-0.1, -0.05) is 30.3 Å². The van der Waals surface area contributed by atoms with Crippen LogP contribution in [0.15, 0.2) is 18.7 Å². The molecule has 0 radical (unpaired) electrons. The van der Waals surface area contributed by atoms with E-state index >= 15 is 0 Å². The minimum absolute atomic E-state index is 0.0823. The van der Waals surface area contributed by atoms with E-state index in [-0.39, 0.29) is 5.60 Å². The molecule has 1 aromatic rings. The van der Waals surface area contributed by atoms with Crippen LogP contribution in [0.2, 0.25) is 5.02 Å². The predicted molar refractivity (Wildman–Crippen MR) is 75.0 cm³/mol. The number of rotatable bonds is 1. The van der Waals surface area contributed by atoms with Gasteiger partial charge in [0, 0.05) is 24.6 Å². The molecule has 18 heavy (non-hydrogen) atoms. The van der Waals surface area contributed by atoms with Crippen molar-refractivity contribution >= 4 is 17.2 Å². The fourth-order valence-electron chi connectivity index (χ4n) is 3.07. The minimum atomic E-state index is -0.0823. The van der Waals surface area contributed by atoms with Crippen molar-refractivity contribution in [1.29, 1.82) is 0 Å². The summed E-state index contributed by atoms with van der Waals surface area (Å²) in [5, 5.41) is 4.23. The second-order valence-corrected chi connectivity index (χ2v) is 5.94. The van der Waals surface area contributed by atoms with Crippen molar-refractivity contribution in [3.8, 4) is 0 Å². The van der Waals surface area contributed by atoms with E-state index in [0.717, 1.165) is 34.8 Å². The van der Waals surface area contributed by atoms with Crippen LogP contribution in [0.25, 0.3) is 5.57 Å². The molecule has 2 nitrogen and oxygen atoms in total. The SMILES string of the molecule is C=C(C)c1ccc2c(c1Cl)CO[C@@]1(C)CNC[C@@H]21. The van der Waals surface area contributed by atoms with Gasteiger partial charge in [-0.2, -0.15) is 0 Å². The highest BCUT2D eigenvalue weighted by Gasteiger charge is 2.45. The fraction of sp³-hybridized carbons (Fsp3) is 0.467. The lowest BCUT2D eigenvalue weighted by molar-refractivity contribution is -0.0517. The second-order valence-electron chi connectivity index (χ2n) is 5.56. The molecule has 1 aromatic carbocycles. The first kappa shape index (κ1) is 12.2. The van der Waals surface area contributed by atoms with Crippen LogP contribution in [0.1, 0.15) is 36.5 Å². The molecule has 0 bridgehead atoms. The highest BCUT2D eigenvalue weighted by atomic mass is 35.5. The lowest BCUT2D eigenvalue weighted by Gasteiger charge is -2.37. The minimum Gasteiger partial charge on any atom is -0.369 e. The van der Waals surface area contributed by atoms with Gasteiger partial charge < -0.3 is 10.1 Å². The highest BCUT2D eigenvalue weighted by molar-refractivity contribution is 6.33. The molecule has 0 unspecified atom stereocenters. The maximum Gasteiger partial charge on any atom is 0.0863 e. The molecule has 2 aliphatic rings. The van der Waals surface area contributed by atoms with E-state index in [4.69, 9.17) is 16.3 Å². The van der Waals surface area contributed by atoms with Crippen molar-refractivity contribution in [3.05, 3.63) is 40.4 Å². The Bertz CT molecular complexity index is 525. The van der Waals surface area contributed by atoms with E-state index in [1.165, 1.54) is 5.56 Å². The van der Waals surface area contributed by atoms with Crippen LogP contribution in [-0.4, -0.2) is 18.7 Å². The molecule has 0 amide bonds. The molecule has 0 aliphatic carbocycles. The van der Waals surface area contributed by atoms with Crippen molar-refractivity contribution in [3.63, 3.8) is 0 Å². The van der Waals surface area contributed by atoms with Gasteiger partial charge >= 0.3 is 0 Å². The Balaban J connectivity index is 2.13. The molecular weight excluding hydrogens is 246 g/mol. The molecule has 96 valence electrons. The number of halogens is 1. The molecule has 2 heterocycles. The van der Waals surface area contributed by atoms with E-state index in [9.17, 15) is 0 Å². The molecule has 3 rings (SSSR count). The Hall–Kier alpha value is -0.830. The predicted octanol–water partition coefficient (Wildman–Crippen LogP) is 3.35. The summed E-state index contributed by atoms with van der Waals surface area (Å²) in [6.45, 7) is 10.6. The van der Waals surface area contributed by atoms with Crippen molar-refractivity contribution in [2.45, 2.75) is 32.0 Å². The number of allylic oxidation sites excluding steroid dienone is 1. The summed E-state index contributed by atoms with van der Waals surface area (Å²) in [7, 11) is 0. The van der Waals surface area contributed by atoms with Crippen LogP contribution < -0.4 is 5.32 Å². The number of ether oxygens (including phenoxy) is 1. The Morgan fingerprint density at radius 2 is 2.33 bits per heavy atom. The molecule has 2 aliphatic heterocycles. The third-order valence-corrected chi connectivity index (χ3v) is 4.65. The van der Waals surface area contributed by atoms with E-state index < -0.39 is 0 Å². The van der Waals surface area contributed by atoms with Crippen molar-refractivity contribution in [2.24, 2.45) is 0 Å². The smallest absolute Gasteiger partial charge is 0.0863 e. The lowest BCUT2D eigenvalue weighted by Crippen LogP contribution is -2.39. The Morgan fingerprint density at radius 3 is 3.06 bits per heavy atom. The van der Waals surface area contributed by atoms with E-state index in [1.807, 2.05) is 6.92 Å². The Labute approximate surface area is 113 Å². The van der Waals surface area contributed by atoms with Crippen molar-refractivity contribution in [1.82, 2.24) is 5.32 Å².